The molecule has 1 saturated heterocycles. The quantitative estimate of drug-likeness (QED) is 0.229. The van der Waals surface area contributed by atoms with E-state index in [-0.39, 0.29) is 24.8 Å². The first-order valence-corrected chi connectivity index (χ1v) is 14.4. The largest absolute Gasteiger partial charge is 0.493 e. The number of ether oxygens (including phenoxy) is 1. The second kappa shape index (κ2) is 14.5. The minimum atomic E-state index is 0. The number of aryl methyl sites for hydroxylation is 1. The molecule has 0 radical (unpaired) electrons. The van der Waals surface area contributed by atoms with Crippen LogP contribution < -0.4 is 4.74 Å². The summed E-state index contributed by atoms with van der Waals surface area (Å²) < 4.78 is 12.2. The molecule has 38 heavy (non-hydrogen) atoms. The number of hydrogen-bond acceptors (Lipinski definition) is 7. The fraction of sp³-hybridized carbons (Fsp3) is 0.586. The van der Waals surface area contributed by atoms with Crippen LogP contribution in [0.3, 0.4) is 0 Å². The van der Waals surface area contributed by atoms with Crippen LogP contribution in [0.2, 0.25) is 0 Å². The van der Waals surface area contributed by atoms with E-state index in [1.807, 2.05) is 6.07 Å². The van der Waals surface area contributed by atoms with Crippen LogP contribution in [0.1, 0.15) is 67.0 Å². The first kappa shape index (κ1) is 30.7. The zero-order valence-corrected chi connectivity index (χ0v) is 24.9. The summed E-state index contributed by atoms with van der Waals surface area (Å²) in [5.74, 6) is 2.41. The Hall–Kier alpha value is -1.82. The average Bonchev–Trinajstić information content (AvgIpc) is 3.47. The molecule has 0 amide bonds. The predicted molar refractivity (Wildman–Crippen MR) is 159 cm³/mol. The lowest BCUT2D eigenvalue weighted by Gasteiger charge is -2.31. The number of benzene rings is 1. The Morgan fingerprint density at radius 2 is 1.84 bits per heavy atom. The Labute approximate surface area is 243 Å². The van der Waals surface area contributed by atoms with Crippen molar-refractivity contribution in [3.63, 3.8) is 0 Å². The predicted octanol–water partition coefficient (Wildman–Crippen LogP) is 7.08. The topological polar surface area (TPSA) is 65.5 Å². The molecular formula is C29H40Cl2N4O2S. The third kappa shape index (κ3) is 7.64. The van der Waals surface area contributed by atoms with E-state index in [0.717, 1.165) is 103 Å². The molecule has 208 valence electrons. The van der Waals surface area contributed by atoms with Crippen molar-refractivity contribution >= 4 is 47.1 Å². The van der Waals surface area contributed by atoms with Crippen LogP contribution >= 0.6 is 36.2 Å². The lowest BCUT2D eigenvalue weighted by molar-refractivity contribution is 0.173. The van der Waals surface area contributed by atoms with Gasteiger partial charge in [0.05, 0.1) is 17.9 Å². The number of fused-ring (bicyclic) bond motifs is 1. The molecule has 0 atom stereocenters. The number of thiophene rings is 1. The minimum Gasteiger partial charge on any atom is -0.493 e. The SMILES string of the molecule is CCN(CC)Cc1c(OCC2CC2)ccc2c(CCC3CCN(Cc4ccc(C#N)s4)CC3)noc12.Cl.Cl. The number of rotatable bonds is 12. The normalized spacial score (nSPS) is 16.3. The van der Waals surface area contributed by atoms with Gasteiger partial charge in [-0.15, -0.1) is 36.2 Å². The van der Waals surface area contributed by atoms with Crippen molar-refractivity contribution in [2.24, 2.45) is 11.8 Å². The van der Waals surface area contributed by atoms with Gasteiger partial charge in [-0.1, -0.05) is 19.0 Å². The summed E-state index contributed by atoms with van der Waals surface area (Å²) >= 11 is 1.62. The van der Waals surface area contributed by atoms with Crippen molar-refractivity contribution in [3.05, 3.63) is 45.3 Å². The van der Waals surface area contributed by atoms with Crippen LogP contribution in [-0.2, 0) is 19.5 Å². The first-order chi connectivity index (χ1) is 17.7. The maximum atomic E-state index is 9.06. The third-order valence-corrected chi connectivity index (χ3v) is 8.85. The van der Waals surface area contributed by atoms with Gasteiger partial charge in [-0.05, 0) is 101 Å². The average molecular weight is 580 g/mol. The second-order valence-corrected chi connectivity index (χ2v) is 11.6. The number of aromatic nitrogens is 1. The maximum Gasteiger partial charge on any atom is 0.175 e. The Kier molecular flexibility index (Phi) is 11.7. The van der Waals surface area contributed by atoms with Gasteiger partial charge in [0.1, 0.15) is 16.7 Å². The summed E-state index contributed by atoms with van der Waals surface area (Å²) in [7, 11) is 0. The number of halogens is 2. The molecule has 2 aliphatic rings. The van der Waals surface area contributed by atoms with Gasteiger partial charge in [0.25, 0.3) is 0 Å². The van der Waals surface area contributed by atoms with Crippen LogP contribution in [0.5, 0.6) is 5.75 Å². The van der Waals surface area contributed by atoms with Crippen molar-refractivity contribution in [3.8, 4) is 11.8 Å². The summed E-state index contributed by atoms with van der Waals surface area (Å²) in [6.07, 6.45) is 7.13. The van der Waals surface area contributed by atoms with Gasteiger partial charge in [-0.2, -0.15) is 5.26 Å². The highest BCUT2D eigenvalue weighted by atomic mass is 35.5. The van der Waals surface area contributed by atoms with E-state index in [1.165, 1.54) is 30.6 Å². The molecule has 1 aromatic carbocycles. The number of nitriles is 1. The molecule has 0 spiro atoms. The summed E-state index contributed by atoms with van der Waals surface area (Å²) in [6.45, 7) is 11.3. The molecule has 1 aliphatic carbocycles. The van der Waals surface area contributed by atoms with E-state index >= 15 is 0 Å². The molecule has 1 aliphatic heterocycles. The fourth-order valence-corrected chi connectivity index (χ4v) is 6.08. The van der Waals surface area contributed by atoms with Crippen LogP contribution in [0.25, 0.3) is 11.0 Å². The molecular weight excluding hydrogens is 539 g/mol. The summed E-state index contributed by atoms with van der Waals surface area (Å²) in [6, 6.07) is 10.6. The van der Waals surface area contributed by atoms with E-state index in [4.69, 9.17) is 14.5 Å². The number of likely N-dealkylation sites (tertiary alicyclic amines) is 1. The van der Waals surface area contributed by atoms with E-state index < -0.39 is 0 Å². The molecule has 3 heterocycles. The zero-order valence-electron chi connectivity index (χ0n) is 22.5. The van der Waals surface area contributed by atoms with Crippen molar-refractivity contribution in [1.82, 2.24) is 15.0 Å². The van der Waals surface area contributed by atoms with Crippen LogP contribution in [-0.4, -0.2) is 47.7 Å². The van der Waals surface area contributed by atoms with Gasteiger partial charge < -0.3 is 9.26 Å². The Bertz CT molecular complexity index is 1190. The molecule has 6 nitrogen and oxygen atoms in total. The van der Waals surface area contributed by atoms with E-state index in [9.17, 15) is 0 Å². The van der Waals surface area contributed by atoms with Gasteiger partial charge in [0.2, 0.25) is 0 Å². The maximum absolute atomic E-state index is 9.06. The van der Waals surface area contributed by atoms with Crippen molar-refractivity contribution in [2.45, 2.75) is 65.5 Å². The fourth-order valence-electron chi connectivity index (χ4n) is 5.24. The van der Waals surface area contributed by atoms with Crippen molar-refractivity contribution in [1.29, 1.82) is 5.26 Å². The van der Waals surface area contributed by atoms with Gasteiger partial charge in [-0.25, -0.2) is 0 Å². The van der Waals surface area contributed by atoms with Gasteiger partial charge in [0, 0.05) is 23.4 Å². The standard InChI is InChI=1S/C29H38N4O2S.2ClH/c1-3-32(4-2)19-26-28(34-20-22-5-6-22)12-10-25-27(31-35-29(25)26)11-7-21-13-15-33(16-14-21)18-24-9-8-23(17-30)36-24;;/h8-10,12,21-22H,3-7,11,13-16,18-20H2,1-2H3;2*1H. The van der Waals surface area contributed by atoms with Gasteiger partial charge in [-0.3, -0.25) is 9.80 Å². The molecule has 0 unspecified atom stereocenters. The summed E-state index contributed by atoms with van der Waals surface area (Å²) in [5, 5.41) is 14.8. The smallest absolute Gasteiger partial charge is 0.175 e. The number of nitrogens with zero attached hydrogens (tertiary/aromatic N) is 4. The molecule has 1 saturated carbocycles. The third-order valence-electron chi connectivity index (χ3n) is 7.87. The molecule has 2 fully saturated rings. The molecule has 0 N–H and O–H groups in total. The lowest BCUT2D eigenvalue weighted by atomic mass is 9.91. The lowest BCUT2D eigenvalue weighted by Crippen LogP contribution is -2.33. The van der Waals surface area contributed by atoms with Crippen molar-refractivity contribution in [2.75, 3.05) is 32.8 Å². The second-order valence-electron chi connectivity index (χ2n) is 10.4. The highest BCUT2D eigenvalue weighted by Gasteiger charge is 2.25. The first-order valence-electron chi connectivity index (χ1n) is 13.6. The van der Waals surface area contributed by atoms with E-state index in [1.54, 1.807) is 11.3 Å². The van der Waals surface area contributed by atoms with Gasteiger partial charge >= 0.3 is 0 Å². The molecule has 0 bridgehead atoms. The van der Waals surface area contributed by atoms with E-state index in [2.05, 4.69) is 53.1 Å². The minimum absolute atomic E-state index is 0. The van der Waals surface area contributed by atoms with Crippen molar-refractivity contribution < 1.29 is 9.26 Å². The van der Waals surface area contributed by atoms with Gasteiger partial charge in [0.15, 0.2) is 5.58 Å². The Balaban J connectivity index is 0.00000200. The summed E-state index contributed by atoms with van der Waals surface area (Å²) in [4.78, 5) is 7.03. The van der Waals surface area contributed by atoms with E-state index in [0.29, 0.717) is 0 Å². The van der Waals surface area contributed by atoms with Crippen LogP contribution in [0.4, 0.5) is 0 Å². The highest BCUT2D eigenvalue weighted by molar-refractivity contribution is 7.12. The monoisotopic (exact) mass is 578 g/mol. The summed E-state index contributed by atoms with van der Waals surface area (Å²) in [5.41, 5.74) is 3.15. The Morgan fingerprint density at radius 1 is 1.08 bits per heavy atom. The number of hydrogen-bond donors (Lipinski definition) is 0. The Morgan fingerprint density at radius 3 is 2.50 bits per heavy atom. The zero-order chi connectivity index (χ0) is 24.9. The molecule has 5 rings (SSSR count). The molecule has 2 aromatic heterocycles. The van der Waals surface area contributed by atoms with Crippen LogP contribution in [0, 0.1) is 23.2 Å². The molecule has 9 heteroatoms. The molecule has 3 aromatic rings. The highest BCUT2D eigenvalue weighted by Crippen LogP contribution is 2.35. The van der Waals surface area contributed by atoms with Crippen LogP contribution in [0.15, 0.2) is 28.8 Å². The number of piperidine rings is 1.